The summed E-state index contributed by atoms with van der Waals surface area (Å²) in [6.45, 7) is 2.15. The molecule has 0 saturated heterocycles. The zero-order chi connectivity index (χ0) is 7.68. The van der Waals surface area contributed by atoms with E-state index < -0.39 is 0 Å². The first-order chi connectivity index (χ1) is 5.36. The molecule has 0 radical (unpaired) electrons. The van der Waals surface area contributed by atoms with E-state index in [-0.39, 0.29) is 0 Å². The Morgan fingerprint density at radius 1 is 1.36 bits per heavy atom. The van der Waals surface area contributed by atoms with Gasteiger partial charge < -0.3 is 0 Å². The van der Waals surface area contributed by atoms with Crippen molar-refractivity contribution in [1.29, 1.82) is 0 Å². The summed E-state index contributed by atoms with van der Waals surface area (Å²) in [6.07, 6.45) is 9.89. The third-order valence-corrected chi connectivity index (χ3v) is 2.73. The maximum Gasteiger partial charge on any atom is 0.0562 e. The monoisotopic (exact) mass is 149 g/mol. The summed E-state index contributed by atoms with van der Waals surface area (Å²) in [4.78, 5) is 4.54. The smallest absolute Gasteiger partial charge is 0.0562 e. The summed E-state index contributed by atoms with van der Waals surface area (Å²) < 4.78 is 0. The van der Waals surface area contributed by atoms with Gasteiger partial charge in [-0.1, -0.05) is 18.9 Å². The van der Waals surface area contributed by atoms with Gasteiger partial charge in [0.1, 0.15) is 0 Å². The summed E-state index contributed by atoms with van der Waals surface area (Å²) in [5.41, 5.74) is 1.35. The molecule has 0 aromatic rings. The Balaban J connectivity index is 2.13. The van der Waals surface area contributed by atoms with Gasteiger partial charge in [0, 0.05) is 6.21 Å². The van der Waals surface area contributed by atoms with Crippen molar-refractivity contribution in [2.45, 2.75) is 38.6 Å². The second-order valence-corrected chi connectivity index (χ2v) is 3.70. The van der Waals surface area contributed by atoms with Crippen LogP contribution in [-0.4, -0.2) is 12.3 Å². The summed E-state index contributed by atoms with van der Waals surface area (Å²) in [5.74, 6) is 0.772. The lowest BCUT2D eigenvalue weighted by atomic mass is 9.82. The Bertz CT molecular complexity index is 203. The van der Waals surface area contributed by atoms with Crippen LogP contribution in [0.5, 0.6) is 0 Å². The van der Waals surface area contributed by atoms with Gasteiger partial charge in [0.2, 0.25) is 0 Å². The predicted molar refractivity (Wildman–Crippen MR) is 48.0 cm³/mol. The minimum Gasteiger partial charge on any atom is -0.289 e. The van der Waals surface area contributed by atoms with Crippen LogP contribution in [0.1, 0.15) is 32.6 Å². The van der Waals surface area contributed by atoms with Crippen LogP contribution < -0.4 is 0 Å². The Labute approximate surface area is 68.2 Å². The van der Waals surface area contributed by atoms with E-state index in [9.17, 15) is 0 Å². The lowest BCUT2D eigenvalue weighted by Crippen LogP contribution is -2.24. The van der Waals surface area contributed by atoms with Crippen molar-refractivity contribution in [3.05, 3.63) is 11.6 Å². The van der Waals surface area contributed by atoms with Gasteiger partial charge in [0.15, 0.2) is 0 Å². The molecular formula is C10H15N. The summed E-state index contributed by atoms with van der Waals surface area (Å²) >= 11 is 0. The third kappa shape index (κ3) is 1.37. The Morgan fingerprint density at radius 3 is 3.09 bits per heavy atom. The zero-order valence-electron chi connectivity index (χ0n) is 7.09. The van der Waals surface area contributed by atoms with Gasteiger partial charge in [0.25, 0.3) is 0 Å². The maximum atomic E-state index is 4.54. The van der Waals surface area contributed by atoms with E-state index in [1.165, 1.54) is 31.3 Å². The maximum absolute atomic E-state index is 4.54. The topological polar surface area (TPSA) is 12.4 Å². The highest BCUT2D eigenvalue weighted by atomic mass is 14.8. The minimum atomic E-state index is 0.632. The van der Waals surface area contributed by atoms with Crippen molar-refractivity contribution in [2.75, 3.05) is 0 Å². The van der Waals surface area contributed by atoms with Gasteiger partial charge in [-0.3, -0.25) is 4.99 Å². The summed E-state index contributed by atoms with van der Waals surface area (Å²) in [5, 5.41) is 0. The molecule has 2 rings (SSSR count). The van der Waals surface area contributed by atoms with Gasteiger partial charge in [0.05, 0.1) is 6.04 Å². The molecule has 1 aliphatic carbocycles. The summed E-state index contributed by atoms with van der Waals surface area (Å²) in [7, 11) is 0. The first-order valence-corrected chi connectivity index (χ1v) is 4.58. The fraction of sp³-hybridized carbons (Fsp3) is 0.700. The molecule has 2 aliphatic rings. The van der Waals surface area contributed by atoms with E-state index in [1.807, 2.05) is 6.21 Å². The molecule has 2 atom stereocenters. The van der Waals surface area contributed by atoms with Gasteiger partial charge >= 0.3 is 0 Å². The lowest BCUT2D eigenvalue weighted by molar-refractivity contribution is 0.360. The molecule has 60 valence electrons. The SMILES string of the molecule is CC1=CC2CCCC[C@@H]2N=C1. The van der Waals surface area contributed by atoms with Crippen LogP contribution in [0.3, 0.4) is 0 Å². The van der Waals surface area contributed by atoms with Crippen molar-refractivity contribution in [2.24, 2.45) is 10.9 Å². The second kappa shape index (κ2) is 2.80. The molecule has 0 bridgehead atoms. The molecule has 1 fully saturated rings. The fourth-order valence-electron chi connectivity index (χ4n) is 2.11. The van der Waals surface area contributed by atoms with E-state index in [0.29, 0.717) is 6.04 Å². The average molecular weight is 149 g/mol. The number of fused-ring (bicyclic) bond motifs is 1. The van der Waals surface area contributed by atoms with Crippen LogP contribution in [0.25, 0.3) is 0 Å². The Morgan fingerprint density at radius 2 is 2.18 bits per heavy atom. The van der Waals surface area contributed by atoms with Gasteiger partial charge in [-0.15, -0.1) is 0 Å². The molecule has 0 amide bonds. The summed E-state index contributed by atoms with van der Waals surface area (Å²) in [6, 6.07) is 0.632. The van der Waals surface area contributed by atoms with E-state index >= 15 is 0 Å². The van der Waals surface area contributed by atoms with E-state index in [4.69, 9.17) is 0 Å². The number of hydrogen-bond acceptors (Lipinski definition) is 1. The number of allylic oxidation sites excluding steroid dienone is 1. The van der Waals surface area contributed by atoms with Crippen molar-refractivity contribution in [3.63, 3.8) is 0 Å². The van der Waals surface area contributed by atoms with Crippen LogP contribution in [0, 0.1) is 5.92 Å². The van der Waals surface area contributed by atoms with Crippen LogP contribution in [0.2, 0.25) is 0 Å². The van der Waals surface area contributed by atoms with Crippen molar-refractivity contribution < 1.29 is 0 Å². The normalized spacial score (nSPS) is 36.3. The predicted octanol–water partition coefficient (Wildman–Crippen LogP) is 2.58. The number of nitrogens with zero attached hydrogens (tertiary/aromatic N) is 1. The van der Waals surface area contributed by atoms with E-state index in [0.717, 1.165) is 5.92 Å². The Kier molecular flexibility index (Phi) is 1.80. The second-order valence-electron chi connectivity index (χ2n) is 3.70. The quantitative estimate of drug-likeness (QED) is 0.502. The van der Waals surface area contributed by atoms with Crippen LogP contribution in [0.15, 0.2) is 16.6 Å². The highest BCUT2D eigenvalue weighted by molar-refractivity contribution is 5.78. The average Bonchev–Trinajstić information content (AvgIpc) is 2.04. The van der Waals surface area contributed by atoms with Crippen molar-refractivity contribution in [1.82, 2.24) is 0 Å². The molecular weight excluding hydrogens is 134 g/mol. The third-order valence-electron chi connectivity index (χ3n) is 2.73. The highest BCUT2D eigenvalue weighted by Crippen LogP contribution is 2.30. The standard InChI is InChI=1S/C10H15N/c1-8-6-9-4-2-3-5-10(9)11-7-8/h6-7,9-10H,2-5H2,1H3/t9?,10-/m0/s1. The number of hydrogen-bond donors (Lipinski definition) is 0. The van der Waals surface area contributed by atoms with Crippen molar-refractivity contribution >= 4 is 6.21 Å². The van der Waals surface area contributed by atoms with Crippen LogP contribution in [0.4, 0.5) is 0 Å². The molecule has 1 heteroatoms. The van der Waals surface area contributed by atoms with Gasteiger partial charge in [-0.05, 0) is 31.3 Å². The van der Waals surface area contributed by atoms with Gasteiger partial charge in [-0.25, -0.2) is 0 Å². The molecule has 0 aromatic heterocycles. The number of rotatable bonds is 0. The van der Waals surface area contributed by atoms with E-state index in [1.54, 1.807) is 0 Å². The molecule has 0 spiro atoms. The molecule has 0 N–H and O–H groups in total. The molecule has 0 aromatic carbocycles. The molecule has 1 nitrogen and oxygen atoms in total. The number of dihydropyridines is 1. The van der Waals surface area contributed by atoms with Crippen molar-refractivity contribution in [3.8, 4) is 0 Å². The molecule has 1 saturated carbocycles. The molecule has 1 heterocycles. The zero-order valence-corrected chi connectivity index (χ0v) is 7.09. The molecule has 1 unspecified atom stereocenters. The van der Waals surface area contributed by atoms with Crippen LogP contribution >= 0.6 is 0 Å². The lowest BCUT2D eigenvalue weighted by Gasteiger charge is -2.28. The fourth-order valence-corrected chi connectivity index (χ4v) is 2.11. The first kappa shape index (κ1) is 7.08. The number of aliphatic imine (C=N–C) groups is 1. The van der Waals surface area contributed by atoms with Crippen LogP contribution in [-0.2, 0) is 0 Å². The highest BCUT2D eigenvalue weighted by Gasteiger charge is 2.23. The van der Waals surface area contributed by atoms with Gasteiger partial charge in [-0.2, -0.15) is 0 Å². The molecule has 1 aliphatic heterocycles. The molecule has 11 heavy (non-hydrogen) atoms. The first-order valence-electron chi connectivity index (χ1n) is 4.58. The Hall–Kier alpha value is -0.590. The minimum absolute atomic E-state index is 0.632. The largest absolute Gasteiger partial charge is 0.289 e. The van der Waals surface area contributed by atoms with E-state index in [2.05, 4.69) is 18.0 Å².